The van der Waals surface area contributed by atoms with Gasteiger partial charge >= 0.3 is 0 Å². The lowest BCUT2D eigenvalue weighted by Gasteiger charge is -2.56. The van der Waals surface area contributed by atoms with Gasteiger partial charge in [-0.3, -0.25) is 0 Å². The first-order valence-electron chi connectivity index (χ1n) is 6.89. The number of rotatable bonds is 4. The Balaban J connectivity index is 2.21. The van der Waals surface area contributed by atoms with Crippen LogP contribution in [0.4, 0.5) is 0 Å². The highest BCUT2D eigenvalue weighted by Crippen LogP contribution is 2.59. The molecule has 0 aromatic rings. The predicted molar refractivity (Wildman–Crippen MR) is 66.6 cm³/mol. The lowest BCUT2D eigenvalue weighted by atomic mass is 9.51. The summed E-state index contributed by atoms with van der Waals surface area (Å²) in [5.41, 5.74) is -0.392. The third-order valence-corrected chi connectivity index (χ3v) is 4.97. The van der Waals surface area contributed by atoms with Crippen LogP contribution in [-0.2, 0) is 0 Å². The molecule has 0 spiro atoms. The average Bonchev–Trinajstić information content (AvgIpc) is 2.14. The summed E-state index contributed by atoms with van der Waals surface area (Å²) in [6.45, 7) is 2.60. The summed E-state index contributed by atoms with van der Waals surface area (Å²) in [4.78, 5) is 0. The topological polar surface area (TPSA) is 60.7 Å². The molecule has 0 saturated heterocycles. The third kappa shape index (κ3) is 2.67. The van der Waals surface area contributed by atoms with E-state index in [1.807, 2.05) is 0 Å². The van der Waals surface area contributed by atoms with Gasteiger partial charge in [0.15, 0.2) is 0 Å². The maximum absolute atomic E-state index is 10.7. The van der Waals surface area contributed by atoms with Crippen LogP contribution in [0.15, 0.2) is 0 Å². The maximum atomic E-state index is 10.7. The van der Waals surface area contributed by atoms with Crippen molar-refractivity contribution < 1.29 is 15.3 Å². The first kappa shape index (κ1) is 13.3. The fraction of sp³-hybridized carbons (Fsp3) is 1.00. The highest BCUT2D eigenvalue weighted by molar-refractivity contribution is 5.05. The van der Waals surface area contributed by atoms with Crippen molar-refractivity contribution in [3.63, 3.8) is 0 Å². The van der Waals surface area contributed by atoms with Crippen molar-refractivity contribution in [3.05, 3.63) is 0 Å². The average molecular weight is 242 g/mol. The predicted octanol–water partition coefficient (Wildman–Crippen LogP) is 1.84. The molecule has 0 amide bonds. The van der Waals surface area contributed by atoms with Gasteiger partial charge in [0, 0.05) is 13.2 Å². The number of hydrogen-bond donors (Lipinski definition) is 3. The minimum atomic E-state index is -0.546. The molecule has 0 heterocycles. The summed E-state index contributed by atoms with van der Waals surface area (Å²) < 4.78 is 0. The van der Waals surface area contributed by atoms with Gasteiger partial charge < -0.3 is 15.3 Å². The van der Waals surface area contributed by atoms with Crippen molar-refractivity contribution in [3.8, 4) is 0 Å². The molecule has 0 radical (unpaired) electrons. The van der Waals surface area contributed by atoms with Crippen LogP contribution < -0.4 is 0 Å². The minimum absolute atomic E-state index is 0.0390. The number of hydrogen-bond acceptors (Lipinski definition) is 3. The molecule has 2 fully saturated rings. The van der Waals surface area contributed by atoms with Gasteiger partial charge in [0.1, 0.15) is 0 Å². The second-order valence-corrected chi connectivity index (χ2v) is 6.87. The van der Waals surface area contributed by atoms with Crippen LogP contribution in [0.1, 0.15) is 58.3 Å². The Labute approximate surface area is 104 Å². The number of aliphatic hydroxyl groups excluding tert-OH is 2. The molecule has 17 heavy (non-hydrogen) atoms. The summed E-state index contributed by atoms with van der Waals surface area (Å²) >= 11 is 0. The fourth-order valence-electron chi connectivity index (χ4n) is 4.72. The molecule has 0 aliphatic heterocycles. The molecular weight excluding hydrogens is 216 g/mol. The Morgan fingerprint density at radius 2 is 1.65 bits per heavy atom. The van der Waals surface area contributed by atoms with Crippen LogP contribution >= 0.6 is 0 Å². The fourth-order valence-corrected chi connectivity index (χ4v) is 4.72. The van der Waals surface area contributed by atoms with Crippen molar-refractivity contribution >= 4 is 0 Å². The maximum Gasteiger partial charge on any atom is 0.0658 e. The Hall–Kier alpha value is -0.120. The molecule has 0 aromatic heterocycles. The first-order chi connectivity index (χ1) is 7.95. The third-order valence-electron chi connectivity index (χ3n) is 4.97. The summed E-state index contributed by atoms with van der Waals surface area (Å²) in [5.74, 6) is 0. The summed E-state index contributed by atoms with van der Waals surface area (Å²) in [6, 6.07) is 0. The Morgan fingerprint density at radius 3 is 2.29 bits per heavy atom. The van der Waals surface area contributed by atoms with E-state index in [0.29, 0.717) is 0 Å². The molecule has 3 unspecified atom stereocenters. The molecule has 2 bridgehead atoms. The van der Waals surface area contributed by atoms with E-state index in [1.54, 1.807) is 0 Å². The lowest BCUT2D eigenvalue weighted by Crippen LogP contribution is -2.52. The molecule has 3 heteroatoms. The minimum Gasteiger partial charge on any atom is -0.396 e. The zero-order chi connectivity index (χ0) is 12.6. The summed E-state index contributed by atoms with van der Waals surface area (Å²) in [5, 5.41) is 29.2. The highest BCUT2D eigenvalue weighted by Gasteiger charge is 2.53. The smallest absolute Gasteiger partial charge is 0.0658 e. The van der Waals surface area contributed by atoms with Gasteiger partial charge in [-0.25, -0.2) is 0 Å². The van der Waals surface area contributed by atoms with Crippen LogP contribution in [-0.4, -0.2) is 34.1 Å². The Morgan fingerprint density at radius 1 is 0.941 bits per heavy atom. The van der Waals surface area contributed by atoms with Crippen molar-refractivity contribution in [2.75, 3.05) is 13.2 Å². The van der Waals surface area contributed by atoms with Crippen LogP contribution in [0.5, 0.6) is 0 Å². The molecule has 2 aliphatic rings. The van der Waals surface area contributed by atoms with Gasteiger partial charge in [-0.15, -0.1) is 0 Å². The lowest BCUT2D eigenvalue weighted by molar-refractivity contribution is -0.141. The molecular formula is C14H26O3. The molecule has 0 aromatic carbocycles. The van der Waals surface area contributed by atoms with E-state index >= 15 is 0 Å². The molecule has 2 rings (SSSR count). The standard InChI is InChI=1S/C14H26O3/c1-12(5-7-15)9-13(6-8-16)3-2-4-14(17,10-12)11-13/h15-17H,2-11H2,1H3. The van der Waals surface area contributed by atoms with Gasteiger partial charge in [0.25, 0.3) is 0 Å². The quantitative estimate of drug-likeness (QED) is 0.705. The SMILES string of the molecule is CC1(CCO)CC2(O)CCCC(CCO)(C1)C2. The van der Waals surface area contributed by atoms with E-state index in [9.17, 15) is 15.3 Å². The highest BCUT2D eigenvalue weighted by atomic mass is 16.3. The zero-order valence-corrected chi connectivity index (χ0v) is 10.9. The van der Waals surface area contributed by atoms with Gasteiger partial charge in [-0.1, -0.05) is 13.3 Å². The van der Waals surface area contributed by atoms with Crippen LogP contribution in [0.2, 0.25) is 0 Å². The largest absolute Gasteiger partial charge is 0.396 e. The number of aliphatic hydroxyl groups is 3. The molecule has 100 valence electrons. The second kappa shape index (κ2) is 4.52. The van der Waals surface area contributed by atoms with E-state index in [1.165, 1.54) is 0 Å². The Bertz CT molecular complexity index is 273. The van der Waals surface area contributed by atoms with Crippen LogP contribution in [0.3, 0.4) is 0 Å². The van der Waals surface area contributed by atoms with E-state index in [4.69, 9.17) is 0 Å². The van der Waals surface area contributed by atoms with Crippen LogP contribution in [0.25, 0.3) is 0 Å². The molecule has 3 nitrogen and oxygen atoms in total. The first-order valence-corrected chi connectivity index (χ1v) is 6.89. The van der Waals surface area contributed by atoms with Gasteiger partial charge in [-0.2, -0.15) is 0 Å². The molecule has 3 N–H and O–H groups in total. The van der Waals surface area contributed by atoms with E-state index < -0.39 is 5.60 Å². The second-order valence-electron chi connectivity index (χ2n) is 6.87. The summed E-state index contributed by atoms with van der Waals surface area (Å²) in [6.07, 6.45) is 7.36. The van der Waals surface area contributed by atoms with Crippen LogP contribution in [0, 0.1) is 10.8 Å². The zero-order valence-electron chi connectivity index (χ0n) is 10.9. The monoisotopic (exact) mass is 242 g/mol. The molecule has 2 saturated carbocycles. The van der Waals surface area contributed by atoms with Gasteiger partial charge in [-0.05, 0) is 55.8 Å². The number of fused-ring (bicyclic) bond motifs is 2. The van der Waals surface area contributed by atoms with Gasteiger partial charge in [0.05, 0.1) is 5.60 Å². The molecule has 3 atom stereocenters. The van der Waals surface area contributed by atoms with Gasteiger partial charge in [0.2, 0.25) is 0 Å². The van der Waals surface area contributed by atoms with Crippen molar-refractivity contribution in [1.82, 2.24) is 0 Å². The van der Waals surface area contributed by atoms with Crippen molar-refractivity contribution in [2.24, 2.45) is 10.8 Å². The van der Waals surface area contributed by atoms with Crippen molar-refractivity contribution in [1.29, 1.82) is 0 Å². The normalized spacial score (nSPS) is 45.9. The van der Waals surface area contributed by atoms with E-state index in [2.05, 4.69) is 6.92 Å². The van der Waals surface area contributed by atoms with E-state index in [-0.39, 0.29) is 24.0 Å². The summed E-state index contributed by atoms with van der Waals surface area (Å²) in [7, 11) is 0. The Kier molecular flexibility index (Phi) is 3.54. The van der Waals surface area contributed by atoms with Crippen molar-refractivity contribution in [2.45, 2.75) is 63.9 Å². The van der Waals surface area contributed by atoms with E-state index in [0.717, 1.165) is 51.4 Å². The molecule has 2 aliphatic carbocycles.